The predicted octanol–water partition coefficient (Wildman–Crippen LogP) is 3.65. The molecule has 96 valence electrons. The number of fused-ring (bicyclic) bond motifs is 1. The van der Waals surface area contributed by atoms with Gasteiger partial charge in [-0.1, -0.05) is 24.3 Å². The summed E-state index contributed by atoms with van der Waals surface area (Å²) >= 11 is 0. The normalized spacial score (nSPS) is 10.4. The number of rotatable bonds is 5. The molecule has 0 N–H and O–H groups in total. The van der Waals surface area contributed by atoms with E-state index >= 15 is 0 Å². The van der Waals surface area contributed by atoms with Gasteiger partial charge in [-0.25, -0.2) is 0 Å². The highest BCUT2D eigenvalue weighted by molar-refractivity contribution is 5.93. The quantitative estimate of drug-likeness (QED) is 0.806. The molecule has 0 fully saturated rings. The third-order valence-corrected chi connectivity index (χ3v) is 2.72. The van der Waals surface area contributed by atoms with Crippen molar-refractivity contribution in [2.45, 2.75) is 13.8 Å². The van der Waals surface area contributed by atoms with Crippen molar-refractivity contribution in [2.24, 2.45) is 0 Å². The summed E-state index contributed by atoms with van der Waals surface area (Å²) in [5.74, 6) is 2.15. The first-order valence-corrected chi connectivity index (χ1v) is 6.17. The molecular weight excluding hydrogens is 228 g/mol. The molecular formula is C15H18O3. The maximum absolute atomic E-state index is 5.74. The highest BCUT2D eigenvalue weighted by Gasteiger charge is 2.16. The number of methoxy groups -OCH3 is 1. The standard InChI is InChI=1S/C15H18O3/c1-4-17-14-12-9-7-6-8-11(12)10-13(16-3)15(14)18-5-2/h6-10H,4-5H2,1-3H3. The molecule has 3 heteroatoms. The lowest BCUT2D eigenvalue weighted by atomic mass is 10.1. The van der Waals surface area contributed by atoms with Crippen LogP contribution in [0.5, 0.6) is 17.2 Å². The zero-order valence-electron chi connectivity index (χ0n) is 11.0. The lowest BCUT2D eigenvalue weighted by molar-refractivity contribution is 0.275. The molecule has 18 heavy (non-hydrogen) atoms. The van der Waals surface area contributed by atoms with E-state index in [2.05, 4.69) is 0 Å². The maximum atomic E-state index is 5.74. The van der Waals surface area contributed by atoms with Crippen LogP contribution in [0.25, 0.3) is 10.8 Å². The first-order valence-electron chi connectivity index (χ1n) is 6.17. The van der Waals surface area contributed by atoms with E-state index in [0.717, 1.165) is 16.5 Å². The monoisotopic (exact) mass is 246 g/mol. The summed E-state index contributed by atoms with van der Waals surface area (Å²) in [5, 5.41) is 2.13. The van der Waals surface area contributed by atoms with Gasteiger partial charge in [-0.05, 0) is 25.3 Å². The summed E-state index contributed by atoms with van der Waals surface area (Å²) in [5.41, 5.74) is 0. The van der Waals surface area contributed by atoms with E-state index in [0.29, 0.717) is 24.7 Å². The van der Waals surface area contributed by atoms with Crippen molar-refractivity contribution in [2.75, 3.05) is 20.3 Å². The van der Waals surface area contributed by atoms with Crippen molar-refractivity contribution >= 4 is 10.8 Å². The molecule has 2 aromatic carbocycles. The van der Waals surface area contributed by atoms with Gasteiger partial charge in [0.15, 0.2) is 11.5 Å². The second-order valence-electron chi connectivity index (χ2n) is 3.82. The summed E-state index contributed by atoms with van der Waals surface area (Å²) < 4.78 is 16.8. The lowest BCUT2D eigenvalue weighted by Crippen LogP contribution is -2.01. The van der Waals surface area contributed by atoms with Crippen LogP contribution in [0.1, 0.15) is 13.8 Å². The summed E-state index contributed by atoms with van der Waals surface area (Å²) in [6.45, 7) is 5.08. The smallest absolute Gasteiger partial charge is 0.204 e. The van der Waals surface area contributed by atoms with Gasteiger partial charge in [0.05, 0.1) is 20.3 Å². The van der Waals surface area contributed by atoms with Crippen LogP contribution >= 0.6 is 0 Å². The van der Waals surface area contributed by atoms with Crippen molar-refractivity contribution in [3.05, 3.63) is 30.3 Å². The predicted molar refractivity (Wildman–Crippen MR) is 72.8 cm³/mol. The van der Waals surface area contributed by atoms with Gasteiger partial charge >= 0.3 is 0 Å². The molecule has 0 unspecified atom stereocenters. The van der Waals surface area contributed by atoms with Crippen LogP contribution < -0.4 is 14.2 Å². The SMILES string of the molecule is CCOc1c(OC)cc2ccccc2c1OCC. The highest BCUT2D eigenvalue weighted by atomic mass is 16.5. The fourth-order valence-corrected chi connectivity index (χ4v) is 1.99. The molecule has 0 saturated heterocycles. The molecule has 0 heterocycles. The largest absolute Gasteiger partial charge is 0.493 e. The Morgan fingerprint density at radius 1 is 0.944 bits per heavy atom. The van der Waals surface area contributed by atoms with Crippen LogP contribution in [0, 0.1) is 0 Å². The van der Waals surface area contributed by atoms with Gasteiger partial charge in [0.25, 0.3) is 0 Å². The molecule has 3 nitrogen and oxygen atoms in total. The molecule has 0 bridgehead atoms. The van der Waals surface area contributed by atoms with Crippen LogP contribution in [0.3, 0.4) is 0 Å². The second kappa shape index (κ2) is 5.63. The van der Waals surface area contributed by atoms with E-state index in [4.69, 9.17) is 14.2 Å². The van der Waals surface area contributed by atoms with Gasteiger partial charge < -0.3 is 14.2 Å². The zero-order valence-corrected chi connectivity index (χ0v) is 11.0. The number of hydrogen-bond donors (Lipinski definition) is 0. The number of benzene rings is 2. The molecule has 0 aliphatic heterocycles. The average molecular weight is 246 g/mol. The van der Waals surface area contributed by atoms with Crippen molar-refractivity contribution in [3.8, 4) is 17.2 Å². The first-order chi connectivity index (χ1) is 8.81. The third kappa shape index (κ3) is 2.21. The van der Waals surface area contributed by atoms with Crippen molar-refractivity contribution < 1.29 is 14.2 Å². The van der Waals surface area contributed by atoms with Gasteiger partial charge in [-0.3, -0.25) is 0 Å². The molecule has 0 saturated carbocycles. The Morgan fingerprint density at radius 2 is 1.61 bits per heavy atom. The van der Waals surface area contributed by atoms with Gasteiger partial charge in [0.2, 0.25) is 5.75 Å². The fraction of sp³-hybridized carbons (Fsp3) is 0.333. The number of hydrogen-bond acceptors (Lipinski definition) is 3. The van der Waals surface area contributed by atoms with Crippen LogP contribution in [-0.2, 0) is 0 Å². The van der Waals surface area contributed by atoms with Gasteiger partial charge in [0.1, 0.15) is 0 Å². The fourth-order valence-electron chi connectivity index (χ4n) is 1.99. The zero-order chi connectivity index (χ0) is 13.0. The molecule has 0 spiro atoms. The van der Waals surface area contributed by atoms with Crippen molar-refractivity contribution in [3.63, 3.8) is 0 Å². The molecule has 0 aromatic heterocycles. The molecule has 0 aliphatic carbocycles. The molecule has 2 rings (SSSR count). The van der Waals surface area contributed by atoms with E-state index in [1.54, 1.807) is 7.11 Å². The van der Waals surface area contributed by atoms with Crippen molar-refractivity contribution in [1.82, 2.24) is 0 Å². The van der Waals surface area contributed by atoms with Crippen LogP contribution in [0.15, 0.2) is 30.3 Å². The summed E-state index contributed by atoms with van der Waals surface area (Å²) in [6.07, 6.45) is 0. The summed E-state index contributed by atoms with van der Waals surface area (Å²) in [6, 6.07) is 10.0. The Labute approximate surface area is 107 Å². The topological polar surface area (TPSA) is 27.7 Å². The Bertz CT molecular complexity index is 534. The van der Waals surface area contributed by atoms with E-state index in [9.17, 15) is 0 Å². The third-order valence-electron chi connectivity index (χ3n) is 2.72. The van der Waals surface area contributed by atoms with Crippen LogP contribution in [-0.4, -0.2) is 20.3 Å². The van der Waals surface area contributed by atoms with E-state index < -0.39 is 0 Å². The second-order valence-corrected chi connectivity index (χ2v) is 3.82. The van der Waals surface area contributed by atoms with Crippen molar-refractivity contribution in [1.29, 1.82) is 0 Å². The lowest BCUT2D eigenvalue weighted by Gasteiger charge is -2.16. The van der Waals surface area contributed by atoms with E-state index in [1.807, 2.05) is 44.2 Å². The first kappa shape index (κ1) is 12.6. The van der Waals surface area contributed by atoms with Gasteiger partial charge in [-0.15, -0.1) is 0 Å². The van der Waals surface area contributed by atoms with E-state index in [1.165, 1.54) is 0 Å². The Hall–Kier alpha value is -1.90. The van der Waals surface area contributed by atoms with Gasteiger partial charge in [0, 0.05) is 5.39 Å². The highest BCUT2D eigenvalue weighted by Crippen LogP contribution is 2.43. The minimum Gasteiger partial charge on any atom is -0.493 e. The average Bonchev–Trinajstić information content (AvgIpc) is 2.41. The molecule has 0 amide bonds. The Morgan fingerprint density at radius 3 is 2.28 bits per heavy atom. The minimum absolute atomic E-state index is 0.578. The number of ether oxygens (including phenoxy) is 3. The van der Waals surface area contributed by atoms with E-state index in [-0.39, 0.29) is 0 Å². The summed E-state index contributed by atoms with van der Waals surface area (Å²) in [4.78, 5) is 0. The summed E-state index contributed by atoms with van der Waals surface area (Å²) in [7, 11) is 1.64. The molecule has 0 atom stereocenters. The van der Waals surface area contributed by atoms with Crippen LogP contribution in [0.4, 0.5) is 0 Å². The minimum atomic E-state index is 0.578. The molecule has 0 radical (unpaired) electrons. The Kier molecular flexibility index (Phi) is 3.92. The molecule has 2 aromatic rings. The Balaban J connectivity index is 2.70. The van der Waals surface area contributed by atoms with Gasteiger partial charge in [-0.2, -0.15) is 0 Å². The van der Waals surface area contributed by atoms with Crippen LogP contribution in [0.2, 0.25) is 0 Å². The molecule has 0 aliphatic rings. The maximum Gasteiger partial charge on any atom is 0.204 e.